The first kappa shape index (κ1) is 9.27. The van der Waals surface area contributed by atoms with Crippen LogP contribution < -0.4 is 0 Å². The van der Waals surface area contributed by atoms with E-state index >= 15 is 0 Å². The molecule has 1 heterocycles. The fourth-order valence-electron chi connectivity index (χ4n) is 1.49. The number of benzene rings is 1. The molecular weight excluding hydrogens is 190 g/mol. The van der Waals surface area contributed by atoms with Crippen molar-refractivity contribution in [2.24, 2.45) is 0 Å². The minimum Gasteiger partial charge on any atom is -0.378 e. The molecule has 14 heavy (non-hydrogen) atoms. The molecule has 0 aliphatic carbocycles. The highest BCUT2D eigenvalue weighted by Gasteiger charge is 2.42. The summed E-state index contributed by atoms with van der Waals surface area (Å²) in [6.45, 7) is 0.244. The number of carbonyl (C=O) groups excluding carboxylic acids is 1. The van der Waals surface area contributed by atoms with Crippen LogP contribution in [0.1, 0.15) is 5.56 Å². The fraction of sp³-hybridized carbons (Fsp3) is 0.300. The lowest BCUT2D eigenvalue weighted by Crippen LogP contribution is -2.48. The van der Waals surface area contributed by atoms with Crippen molar-refractivity contribution >= 4 is 6.29 Å². The van der Waals surface area contributed by atoms with Crippen molar-refractivity contribution in [3.05, 3.63) is 35.4 Å². The SMILES string of the molecule is O=CC1(c2cc(F)ccc2F)COC1. The average molecular weight is 198 g/mol. The van der Waals surface area contributed by atoms with Gasteiger partial charge in [-0.25, -0.2) is 8.78 Å². The third kappa shape index (κ3) is 1.23. The summed E-state index contributed by atoms with van der Waals surface area (Å²) in [4.78, 5) is 10.8. The Kier molecular flexibility index (Phi) is 2.07. The lowest BCUT2D eigenvalue weighted by atomic mass is 9.80. The summed E-state index contributed by atoms with van der Waals surface area (Å²) < 4.78 is 31.0. The maximum atomic E-state index is 13.3. The number of carbonyl (C=O) groups is 1. The standard InChI is InChI=1S/C10H8F2O2/c11-7-1-2-9(12)8(3-7)10(4-13)5-14-6-10/h1-4H,5-6H2. The molecule has 0 saturated carbocycles. The predicted octanol–water partition coefficient (Wildman–Crippen LogP) is 1.43. The summed E-state index contributed by atoms with van der Waals surface area (Å²) in [5.41, 5.74) is -0.898. The van der Waals surface area contributed by atoms with Crippen molar-refractivity contribution in [3.8, 4) is 0 Å². The van der Waals surface area contributed by atoms with Crippen LogP contribution in [0.4, 0.5) is 8.78 Å². The zero-order chi connectivity index (χ0) is 10.2. The van der Waals surface area contributed by atoms with Crippen molar-refractivity contribution in [1.82, 2.24) is 0 Å². The van der Waals surface area contributed by atoms with Crippen LogP contribution in [0.2, 0.25) is 0 Å². The van der Waals surface area contributed by atoms with E-state index in [1.165, 1.54) is 0 Å². The fourth-order valence-corrected chi connectivity index (χ4v) is 1.49. The topological polar surface area (TPSA) is 26.3 Å². The number of hydrogen-bond donors (Lipinski definition) is 0. The second-order valence-corrected chi connectivity index (χ2v) is 3.39. The molecule has 0 atom stereocenters. The molecule has 1 aromatic carbocycles. The molecule has 0 unspecified atom stereocenters. The van der Waals surface area contributed by atoms with Gasteiger partial charge in [0.05, 0.1) is 13.2 Å². The van der Waals surface area contributed by atoms with E-state index in [0.717, 1.165) is 18.2 Å². The molecular formula is C10H8F2O2. The molecule has 0 amide bonds. The molecule has 1 aliphatic heterocycles. The molecule has 1 fully saturated rings. The van der Waals surface area contributed by atoms with Crippen LogP contribution in [-0.4, -0.2) is 19.5 Å². The van der Waals surface area contributed by atoms with E-state index in [0.29, 0.717) is 6.29 Å². The number of hydrogen-bond acceptors (Lipinski definition) is 2. The van der Waals surface area contributed by atoms with Gasteiger partial charge in [-0.2, -0.15) is 0 Å². The summed E-state index contributed by atoms with van der Waals surface area (Å²) in [5, 5.41) is 0. The van der Waals surface area contributed by atoms with Crippen molar-refractivity contribution in [1.29, 1.82) is 0 Å². The Morgan fingerprint density at radius 3 is 2.57 bits per heavy atom. The van der Waals surface area contributed by atoms with Gasteiger partial charge in [0.1, 0.15) is 23.3 Å². The summed E-state index contributed by atoms with van der Waals surface area (Å²) >= 11 is 0. The van der Waals surface area contributed by atoms with Gasteiger partial charge >= 0.3 is 0 Å². The molecule has 4 heteroatoms. The Labute approximate surface area is 79.5 Å². The van der Waals surface area contributed by atoms with Crippen LogP contribution in [0.15, 0.2) is 18.2 Å². The largest absolute Gasteiger partial charge is 0.378 e. The number of aldehydes is 1. The van der Waals surface area contributed by atoms with Crippen molar-refractivity contribution < 1.29 is 18.3 Å². The van der Waals surface area contributed by atoms with E-state index in [2.05, 4.69) is 0 Å². The monoisotopic (exact) mass is 198 g/mol. The average Bonchev–Trinajstić information content (AvgIpc) is 2.10. The second-order valence-electron chi connectivity index (χ2n) is 3.39. The summed E-state index contributed by atoms with van der Waals surface area (Å²) in [6.07, 6.45) is 0.619. The number of rotatable bonds is 2. The Morgan fingerprint density at radius 2 is 2.07 bits per heavy atom. The van der Waals surface area contributed by atoms with Crippen molar-refractivity contribution in [2.75, 3.05) is 13.2 Å². The molecule has 2 nitrogen and oxygen atoms in total. The lowest BCUT2D eigenvalue weighted by Gasteiger charge is -2.36. The van der Waals surface area contributed by atoms with Crippen LogP contribution in [0.5, 0.6) is 0 Å². The minimum atomic E-state index is -0.980. The quantitative estimate of drug-likeness (QED) is 0.672. The highest BCUT2D eigenvalue weighted by molar-refractivity contribution is 5.70. The first-order valence-electron chi connectivity index (χ1n) is 4.17. The van der Waals surface area contributed by atoms with Gasteiger partial charge in [-0.3, -0.25) is 0 Å². The maximum Gasteiger partial charge on any atom is 0.135 e. The smallest absolute Gasteiger partial charge is 0.135 e. The molecule has 0 bridgehead atoms. The van der Waals surface area contributed by atoms with Gasteiger partial charge in [0, 0.05) is 5.56 Å². The predicted molar refractivity (Wildman–Crippen MR) is 44.9 cm³/mol. The molecule has 0 N–H and O–H groups in total. The Balaban J connectivity index is 2.48. The van der Waals surface area contributed by atoms with Gasteiger partial charge < -0.3 is 9.53 Å². The normalized spacial score (nSPS) is 18.7. The first-order chi connectivity index (χ1) is 6.68. The van der Waals surface area contributed by atoms with Crippen LogP contribution in [-0.2, 0) is 14.9 Å². The second kappa shape index (κ2) is 3.13. The van der Waals surface area contributed by atoms with Gasteiger partial charge in [-0.05, 0) is 18.2 Å². The molecule has 0 aromatic heterocycles. The summed E-state index contributed by atoms with van der Waals surface area (Å²) in [7, 11) is 0. The van der Waals surface area contributed by atoms with Gasteiger partial charge in [0.15, 0.2) is 0 Å². The van der Waals surface area contributed by atoms with Gasteiger partial charge in [-0.1, -0.05) is 0 Å². The van der Waals surface area contributed by atoms with E-state index in [-0.39, 0.29) is 18.8 Å². The van der Waals surface area contributed by atoms with E-state index < -0.39 is 17.0 Å². The molecule has 74 valence electrons. The van der Waals surface area contributed by atoms with E-state index in [1.807, 2.05) is 0 Å². The van der Waals surface area contributed by atoms with Crippen LogP contribution in [0.3, 0.4) is 0 Å². The molecule has 2 rings (SSSR count). The van der Waals surface area contributed by atoms with Gasteiger partial charge in [0.25, 0.3) is 0 Å². The third-order valence-electron chi connectivity index (χ3n) is 2.41. The van der Waals surface area contributed by atoms with Gasteiger partial charge in [0.2, 0.25) is 0 Å². The molecule has 1 saturated heterocycles. The highest BCUT2D eigenvalue weighted by atomic mass is 19.1. The Morgan fingerprint density at radius 1 is 1.36 bits per heavy atom. The summed E-state index contributed by atoms with van der Waals surface area (Å²) in [5.74, 6) is -1.11. The van der Waals surface area contributed by atoms with E-state index in [9.17, 15) is 13.6 Å². The zero-order valence-electron chi connectivity index (χ0n) is 7.30. The molecule has 0 spiro atoms. The Bertz CT molecular complexity index is 372. The minimum absolute atomic E-state index is 0.0822. The van der Waals surface area contributed by atoms with Crippen LogP contribution >= 0.6 is 0 Å². The number of halogens is 2. The van der Waals surface area contributed by atoms with E-state index in [4.69, 9.17) is 4.74 Å². The Hall–Kier alpha value is -1.29. The van der Waals surface area contributed by atoms with Crippen molar-refractivity contribution in [3.63, 3.8) is 0 Å². The first-order valence-corrected chi connectivity index (χ1v) is 4.17. The summed E-state index contributed by atoms with van der Waals surface area (Å²) in [6, 6.07) is 3.09. The van der Waals surface area contributed by atoms with Crippen molar-refractivity contribution in [2.45, 2.75) is 5.41 Å². The van der Waals surface area contributed by atoms with Crippen LogP contribution in [0, 0.1) is 11.6 Å². The van der Waals surface area contributed by atoms with E-state index in [1.54, 1.807) is 0 Å². The number of ether oxygens (including phenoxy) is 1. The van der Waals surface area contributed by atoms with Crippen LogP contribution in [0.25, 0.3) is 0 Å². The zero-order valence-corrected chi connectivity index (χ0v) is 7.30. The third-order valence-corrected chi connectivity index (χ3v) is 2.41. The molecule has 1 aromatic rings. The molecule has 1 aliphatic rings. The van der Waals surface area contributed by atoms with Gasteiger partial charge in [-0.15, -0.1) is 0 Å². The maximum absolute atomic E-state index is 13.3. The molecule has 0 radical (unpaired) electrons. The lowest BCUT2D eigenvalue weighted by molar-refractivity contribution is -0.130. The highest BCUT2D eigenvalue weighted by Crippen LogP contribution is 2.32.